The molecule has 0 saturated heterocycles. The molecular formula is C18H22N2O4. The van der Waals surface area contributed by atoms with Crippen LogP contribution in [0.1, 0.15) is 49.0 Å². The Morgan fingerprint density at radius 2 is 2.04 bits per heavy atom. The predicted octanol–water partition coefficient (Wildman–Crippen LogP) is 3.17. The van der Waals surface area contributed by atoms with Gasteiger partial charge in [-0.15, -0.1) is 0 Å². The Kier molecular flexibility index (Phi) is 4.46. The molecule has 6 heteroatoms. The van der Waals surface area contributed by atoms with Crippen molar-refractivity contribution in [3.8, 4) is 0 Å². The Labute approximate surface area is 140 Å². The van der Waals surface area contributed by atoms with Gasteiger partial charge in [-0.05, 0) is 30.2 Å². The zero-order valence-corrected chi connectivity index (χ0v) is 13.9. The molecule has 24 heavy (non-hydrogen) atoms. The first-order chi connectivity index (χ1) is 11.6. The molecule has 3 heterocycles. The molecule has 6 nitrogen and oxygen atoms in total. The summed E-state index contributed by atoms with van der Waals surface area (Å²) in [5.41, 5.74) is 0.413. The van der Waals surface area contributed by atoms with Crippen LogP contribution in [0.25, 0.3) is 0 Å². The number of rotatable bonds is 6. The van der Waals surface area contributed by atoms with Crippen LogP contribution in [0.15, 0.2) is 41.1 Å². The smallest absolute Gasteiger partial charge is 0.328 e. The van der Waals surface area contributed by atoms with Crippen LogP contribution in [0, 0.1) is 5.92 Å². The van der Waals surface area contributed by atoms with Gasteiger partial charge in [-0.2, -0.15) is 0 Å². The Balaban J connectivity index is 2.09. The van der Waals surface area contributed by atoms with Crippen LogP contribution < -0.4 is 0 Å². The maximum absolute atomic E-state index is 13.0. The number of nitrogens with zero attached hydrogens (tertiary/aromatic N) is 2. The molecule has 0 aromatic carbocycles. The van der Waals surface area contributed by atoms with Crippen molar-refractivity contribution in [2.24, 2.45) is 5.92 Å². The van der Waals surface area contributed by atoms with Crippen LogP contribution in [-0.2, 0) is 11.3 Å². The average molecular weight is 330 g/mol. The summed E-state index contributed by atoms with van der Waals surface area (Å²) in [5, 5.41) is 9.86. The summed E-state index contributed by atoms with van der Waals surface area (Å²) in [6, 6.07) is 5.79. The van der Waals surface area contributed by atoms with Gasteiger partial charge < -0.3 is 19.0 Å². The van der Waals surface area contributed by atoms with Crippen molar-refractivity contribution in [1.29, 1.82) is 0 Å². The van der Waals surface area contributed by atoms with E-state index in [2.05, 4.69) is 0 Å². The monoisotopic (exact) mass is 330 g/mol. The first kappa shape index (κ1) is 16.4. The van der Waals surface area contributed by atoms with Gasteiger partial charge in [-0.25, -0.2) is 4.79 Å². The first-order valence-electron chi connectivity index (χ1n) is 8.31. The molecule has 2 aromatic rings. The number of carboxylic acids is 1. The Bertz CT molecular complexity index is 715. The molecule has 2 atom stereocenters. The Morgan fingerprint density at radius 3 is 2.62 bits per heavy atom. The molecule has 0 fully saturated rings. The van der Waals surface area contributed by atoms with E-state index in [1.54, 1.807) is 46.2 Å². The molecule has 3 rings (SSSR count). The van der Waals surface area contributed by atoms with Crippen LogP contribution in [0.3, 0.4) is 0 Å². The number of carboxylic acid groups (broad SMARTS) is 1. The highest BCUT2D eigenvalue weighted by Crippen LogP contribution is 2.36. The molecule has 0 radical (unpaired) electrons. The summed E-state index contributed by atoms with van der Waals surface area (Å²) >= 11 is 0. The summed E-state index contributed by atoms with van der Waals surface area (Å²) in [7, 11) is 0. The van der Waals surface area contributed by atoms with Crippen LogP contribution in [0.5, 0.6) is 0 Å². The standard InChI is InChI=1S/C18H22N2O4/c1-3-12(4-2)15-16(18(22)23)19-9-5-8-14(19)17(21)20(15)11-13-7-6-10-24-13/h5-10,12,15-16H,3-4,11H2,1-2H3,(H,22,23). The second-order valence-electron chi connectivity index (χ2n) is 6.16. The Morgan fingerprint density at radius 1 is 1.29 bits per heavy atom. The van der Waals surface area contributed by atoms with Crippen molar-refractivity contribution in [2.75, 3.05) is 0 Å². The number of amides is 1. The van der Waals surface area contributed by atoms with Crippen molar-refractivity contribution < 1.29 is 19.1 Å². The fourth-order valence-corrected chi connectivity index (χ4v) is 3.73. The minimum Gasteiger partial charge on any atom is -0.480 e. The lowest BCUT2D eigenvalue weighted by atomic mass is 9.85. The number of hydrogen-bond donors (Lipinski definition) is 1. The summed E-state index contributed by atoms with van der Waals surface area (Å²) < 4.78 is 7.00. The number of furan rings is 1. The highest BCUT2D eigenvalue weighted by Gasteiger charge is 2.46. The lowest BCUT2D eigenvalue weighted by Crippen LogP contribution is -2.55. The van der Waals surface area contributed by atoms with Gasteiger partial charge in [0.15, 0.2) is 6.04 Å². The van der Waals surface area contributed by atoms with Crippen LogP contribution in [0.4, 0.5) is 0 Å². The average Bonchev–Trinajstić information content (AvgIpc) is 3.23. The van der Waals surface area contributed by atoms with Crippen LogP contribution in [0.2, 0.25) is 0 Å². The lowest BCUT2D eigenvalue weighted by molar-refractivity contribution is -0.144. The van der Waals surface area contributed by atoms with E-state index in [4.69, 9.17) is 4.42 Å². The normalized spacial score (nSPS) is 20.5. The van der Waals surface area contributed by atoms with Gasteiger partial charge in [-0.3, -0.25) is 4.79 Å². The summed E-state index contributed by atoms with van der Waals surface area (Å²) in [6.07, 6.45) is 4.87. The van der Waals surface area contributed by atoms with Gasteiger partial charge in [0.05, 0.1) is 18.8 Å². The maximum Gasteiger partial charge on any atom is 0.328 e. The SMILES string of the molecule is CCC(CC)C1C(C(=O)O)n2cccc2C(=O)N1Cc1ccco1. The molecule has 1 amide bonds. The highest BCUT2D eigenvalue weighted by atomic mass is 16.4. The van der Waals surface area contributed by atoms with Gasteiger partial charge in [0.25, 0.3) is 5.91 Å². The van der Waals surface area contributed by atoms with Crippen molar-refractivity contribution in [1.82, 2.24) is 9.47 Å². The third kappa shape index (κ3) is 2.62. The largest absolute Gasteiger partial charge is 0.480 e. The van der Waals surface area contributed by atoms with Crippen molar-refractivity contribution in [2.45, 2.75) is 45.3 Å². The predicted molar refractivity (Wildman–Crippen MR) is 87.5 cm³/mol. The maximum atomic E-state index is 13.0. The molecule has 2 aromatic heterocycles. The molecule has 0 bridgehead atoms. The third-order valence-electron chi connectivity index (χ3n) is 4.93. The van der Waals surface area contributed by atoms with Crippen LogP contribution >= 0.6 is 0 Å². The summed E-state index contributed by atoms with van der Waals surface area (Å²) in [6.45, 7) is 4.35. The second-order valence-corrected chi connectivity index (χ2v) is 6.16. The van der Waals surface area contributed by atoms with E-state index in [9.17, 15) is 14.7 Å². The van der Waals surface area contributed by atoms with Crippen molar-refractivity contribution >= 4 is 11.9 Å². The second kappa shape index (κ2) is 6.55. The van der Waals surface area contributed by atoms with Crippen molar-refractivity contribution in [3.05, 3.63) is 48.2 Å². The topological polar surface area (TPSA) is 75.7 Å². The number of fused-ring (bicyclic) bond motifs is 1. The van der Waals surface area contributed by atoms with E-state index >= 15 is 0 Å². The number of hydrogen-bond acceptors (Lipinski definition) is 3. The Hall–Kier alpha value is -2.50. The van der Waals surface area contributed by atoms with E-state index < -0.39 is 18.1 Å². The number of aromatic nitrogens is 1. The fourth-order valence-electron chi connectivity index (χ4n) is 3.73. The van der Waals surface area contributed by atoms with E-state index in [1.165, 1.54) is 0 Å². The van der Waals surface area contributed by atoms with Gasteiger partial charge >= 0.3 is 5.97 Å². The first-order valence-corrected chi connectivity index (χ1v) is 8.31. The van der Waals surface area contributed by atoms with Gasteiger partial charge in [-0.1, -0.05) is 26.7 Å². The van der Waals surface area contributed by atoms with Gasteiger partial charge in [0.1, 0.15) is 11.5 Å². The zero-order chi connectivity index (χ0) is 17.3. The van der Waals surface area contributed by atoms with E-state index in [0.29, 0.717) is 11.5 Å². The number of carbonyl (C=O) groups is 2. The molecule has 1 aliphatic heterocycles. The molecule has 0 saturated carbocycles. The quantitative estimate of drug-likeness (QED) is 0.882. The molecule has 2 unspecified atom stereocenters. The summed E-state index contributed by atoms with van der Waals surface area (Å²) in [5.74, 6) is -0.309. The van der Waals surface area contributed by atoms with Gasteiger partial charge in [0.2, 0.25) is 0 Å². The van der Waals surface area contributed by atoms with E-state index in [-0.39, 0.29) is 18.4 Å². The van der Waals surface area contributed by atoms with E-state index in [1.807, 2.05) is 13.8 Å². The molecule has 0 aliphatic carbocycles. The highest BCUT2D eigenvalue weighted by molar-refractivity contribution is 5.95. The molecular weight excluding hydrogens is 308 g/mol. The number of aliphatic carboxylic acids is 1. The van der Waals surface area contributed by atoms with E-state index in [0.717, 1.165) is 12.8 Å². The van der Waals surface area contributed by atoms with Gasteiger partial charge in [0, 0.05) is 6.20 Å². The minimum absolute atomic E-state index is 0.0977. The molecule has 1 aliphatic rings. The zero-order valence-electron chi connectivity index (χ0n) is 13.9. The van der Waals surface area contributed by atoms with Crippen LogP contribution in [-0.4, -0.2) is 32.5 Å². The third-order valence-corrected chi connectivity index (χ3v) is 4.93. The fraction of sp³-hybridized carbons (Fsp3) is 0.444. The molecule has 0 spiro atoms. The minimum atomic E-state index is -0.915. The van der Waals surface area contributed by atoms with Crippen molar-refractivity contribution in [3.63, 3.8) is 0 Å². The summed E-state index contributed by atoms with van der Waals surface area (Å²) in [4.78, 5) is 26.7. The lowest BCUT2D eigenvalue weighted by Gasteiger charge is -2.44. The molecule has 128 valence electrons. The number of carbonyl (C=O) groups excluding carboxylic acids is 1. The molecule has 1 N–H and O–H groups in total.